The molecular formula is C17H26N3O+. The summed E-state index contributed by atoms with van der Waals surface area (Å²) in [5.41, 5.74) is 1.08. The van der Waals surface area contributed by atoms with Gasteiger partial charge in [0.05, 0.1) is 10.9 Å². The van der Waals surface area contributed by atoms with Crippen molar-refractivity contribution < 1.29 is 4.87 Å². The molecule has 2 atom stereocenters. The number of likely N-dealkylation sites (tertiary alicyclic amines) is 1. The molecule has 0 saturated carbocycles. The van der Waals surface area contributed by atoms with Crippen LogP contribution >= 0.6 is 0 Å². The van der Waals surface area contributed by atoms with Crippen LogP contribution in [0.2, 0.25) is 0 Å². The second-order valence-electron chi connectivity index (χ2n) is 8.04. The maximum Gasteiger partial charge on any atom is 0.277 e. The van der Waals surface area contributed by atoms with E-state index in [0.29, 0.717) is 21.8 Å². The van der Waals surface area contributed by atoms with Gasteiger partial charge in [-0.05, 0) is 38.5 Å². The van der Waals surface area contributed by atoms with Crippen LogP contribution in [0.15, 0.2) is 16.9 Å². The SMILES string of the molecule is CC(C)(C)C1C[C@@H](C#CC2=C[N+](=O)N=C2)N(C(C)(C)C)C1. The molecule has 0 amide bonds. The van der Waals surface area contributed by atoms with Crippen LogP contribution in [0.25, 0.3) is 0 Å². The highest BCUT2D eigenvalue weighted by Crippen LogP contribution is 2.39. The van der Waals surface area contributed by atoms with E-state index in [1.54, 1.807) is 0 Å². The van der Waals surface area contributed by atoms with Crippen LogP contribution in [0.5, 0.6) is 0 Å². The predicted molar refractivity (Wildman–Crippen MR) is 85.8 cm³/mol. The first-order valence-corrected chi connectivity index (χ1v) is 7.58. The Balaban J connectivity index is 2.20. The minimum absolute atomic E-state index is 0.0993. The molecule has 2 aliphatic heterocycles. The number of nitroso groups, excluding NO2 is 1. The molecule has 0 bridgehead atoms. The third kappa shape index (κ3) is 3.79. The molecule has 2 aliphatic rings. The van der Waals surface area contributed by atoms with E-state index in [1.807, 2.05) is 0 Å². The van der Waals surface area contributed by atoms with Crippen molar-refractivity contribution in [1.82, 2.24) is 4.90 Å². The summed E-state index contributed by atoms with van der Waals surface area (Å²) in [4.78, 5) is 14.1. The summed E-state index contributed by atoms with van der Waals surface area (Å²) in [6.07, 6.45) is 4.03. The Kier molecular flexibility index (Phi) is 4.08. The Morgan fingerprint density at radius 2 is 1.95 bits per heavy atom. The fraction of sp³-hybridized carbons (Fsp3) is 0.706. The van der Waals surface area contributed by atoms with Crippen LogP contribution < -0.4 is 0 Å². The summed E-state index contributed by atoms with van der Waals surface area (Å²) < 4.78 is 0. The quantitative estimate of drug-likeness (QED) is 0.507. The predicted octanol–water partition coefficient (Wildman–Crippen LogP) is 3.19. The van der Waals surface area contributed by atoms with E-state index in [1.165, 1.54) is 12.4 Å². The van der Waals surface area contributed by atoms with E-state index in [2.05, 4.69) is 63.4 Å². The number of allylic oxidation sites excluding steroid dienone is 1. The molecule has 0 spiro atoms. The number of hydrogen-bond donors (Lipinski definition) is 0. The number of hydrazone groups is 1. The van der Waals surface area contributed by atoms with E-state index in [-0.39, 0.29) is 11.6 Å². The van der Waals surface area contributed by atoms with Gasteiger partial charge in [0.25, 0.3) is 6.20 Å². The molecule has 4 nitrogen and oxygen atoms in total. The van der Waals surface area contributed by atoms with Gasteiger partial charge in [0.2, 0.25) is 0 Å². The molecule has 1 fully saturated rings. The van der Waals surface area contributed by atoms with Crippen LogP contribution in [0, 0.1) is 28.1 Å². The van der Waals surface area contributed by atoms with Gasteiger partial charge in [-0.2, -0.15) is 0 Å². The van der Waals surface area contributed by atoms with E-state index < -0.39 is 0 Å². The molecular weight excluding hydrogens is 262 g/mol. The van der Waals surface area contributed by atoms with E-state index >= 15 is 0 Å². The van der Waals surface area contributed by atoms with Crippen LogP contribution in [-0.2, 0) is 0 Å². The van der Waals surface area contributed by atoms with Crippen molar-refractivity contribution in [3.8, 4) is 11.8 Å². The first kappa shape index (κ1) is 15.9. The van der Waals surface area contributed by atoms with Crippen molar-refractivity contribution >= 4 is 6.21 Å². The summed E-state index contributed by atoms with van der Waals surface area (Å²) in [5.74, 6) is 7.10. The van der Waals surface area contributed by atoms with E-state index in [9.17, 15) is 4.91 Å². The largest absolute Gasteiger partial charge is 0.285 e. The first-order valence-electron chi connectivity index (χ1n) is 7.58. The maximum absolute atomic E-state index is 11.0. The zero-order chi connectivity index (χ0) is 15.8. The smallest absolute Gasteiger partial charge is 0.277 e. The highest BCUT2D eigenvalue weighted by molar-refractivity contribution is 5.84. The summed E-state index contributed by atoms with van der Waals surface area (Å²) in [6, 6.07) is 0.240. The lowest BCUT2D eigenvalue weighted by molar-refractivity contribution is -0.480. The Morgan fingerprint density at radius 1 is 1.29 bits per heavy atom. The topological polar surface area (TPSA) is 35.7 Å². The van der Waals surface area contributed by atoms with Crippen molar-refractivity contribution in [2.45, 2.75) is 59.5 Å². The summed E-state index contributed by atoms with van der Waals surface area (Å²) >= 11 is 0. The normalized spacial score (nSPS) is 26.8. The second kappa shape index (κ2) is 5.38. The van der Waals surface area contributed by atoms with E-state index in [0.717, 1.165) is 13.0 Å². The highest BCUT2D eigenvalue weighted by Gasteiger charge is 2.41. The van der Waals surface area contributed by atoms with Gasteiger partial charge in [0, 0.05) is 17.2 Å². The average Bonchev–Trinajstić information content (AvgIpc) is 2.90. The highest BCUT2D eigenvalue weighted by atomic mass is 16.3. The van der Waals surface area contributed by atoms with Crippen molar-refractivity contribution in [2.24, 2.45) is 16.4 Å². The van der Waals surface area contributed by atoms with Crippen molar-refractivity contribution in [3.05, 3.63) is 16.7 Å². The molecule has 4 heteroatoms. The lowest BCUT2D eigenvalue weighted by atomic mass is 9.79. The van der Waals surface area contributed by atoms with Crippen LogP contribution in [0.3, 0.4) is 0 Å². The molecule has 114 valence electrons. The van der Waals surface area contributed by atoms with Crippen LogP contribution in [0.1, 0.15) is 48.0 Å². The summed E-state index contributed by atoms with van der Waals surface area (Å²) in [6.45, 7) is 14.7. The van der Waals surface area contributed by atoms with Crippen LogP contribution in [-0.4, -0.2) is 34.1 Å². The standard InChI is InChI=1S/C17H26N3O/c1-16(2,3)14-9-15(19(12-14)17(4,5)6)8-7-13-10-18-20(21)11-13/h10-11,14-15H,9,12H2,1-6H3/q+1/t14?,15-/m1/s1. The van der Waals surface area contributed by atoms with Gasteiger partial charge in [-0.1, -0.05) is 32.6 Å². The Bertz CT molecular complexity index is 549. The molecule has 0 aromatic rings. The first-order chi connectivity index (χ1) is 9.57. The Hall–Kier alpha value is -1.47. The maximum atomic E-state index is 11.0. The van der Waals surface area contributed by atoms with Crippen LogP contribution in [0.4, 0.5) is 0 Å². The third-order valence-electron chi connectivity index (χ3n) is 4.33. The number of nitrogens with zero attached hydrogens (tertiary/aromatic N) is 3. The second-order valence-corrected chi connectivity index (χ2v) is 8.04. The molecule has 21 heavy (non-hydrogen) atoms. The monoisotopic (exact) mass is 288 g/mol. The van der Waals surface area contributed by atoms with Crippen molar-refractivity contribution in [2.75, 3.05) is 6.54 Å². The minimum Gasteiger partial charge on any atom is -0.285 e. The molecule has 0 aromatic carbocycles. The van der Waals surface area contributed by atoms with Gasteiger partial charge < -0.3 is 0 Å². The van der Waals surface area contributed by atoms with Gasteiger partial charge >= 0.3 is 0 Å². The lowest BCUT2D eigenvalue weighted by Crippen LogP contribution is -2.44. The van der Waals surface area contributed by atoms with Gasteiger partial charge in [-0.25, -0.2) is 0 Å². The van der Waals surface area contributed by atoms with Gasteiger partial charge in [0.1, 0.15) is 11.8 Å². The molecule has 1 saturated heterocycles. The molecule has 0 aliphatic carbocycles. The van der Waals surface area contributed by atoms with Gasteiger partial charge in [-0.3, -0.25) is 4.90 Å². The molecule has 2 rings (SSSR count). The van der Waals surface area contributed by atoms with Crippen molar-refractivity contribution in [1.29, 1.82) is 0 Å². The molecule has 0 radical (unpaired) electrons. The van der Waals surface area contributed by atoms with Gasteiger partial charge in [0.15, 0.2) is 4.87 Å². The molecule has 2 heterocycles. The minimum atomic E-state index is 0.0993. The fourth-order valence-corrected chi connectivity index (χ4v) is 2.88. The van der Waals surface area contributed by atoms with Gasteiger partial charge in [-0.15, -0.1) is 0 Å². The number of rotatable bonds is 0. The Labute approximate surface area is 127 Å². The average molecular weight is 288 g/mol. The zero-order valence-corrected chi connectivity index (χ0v) is 14.0. The molecule has 1 unspecified atom stereocenters. The summed E-state index contributed by atoms with van der Waals surface area (Å²) in [5, 5.41) is 3.63. The van der Waals surface area contributed by atoms with E-state index in [4.69, 9.17) is 0 Å². The third-order valence-corrected chi connectivity index (χ3v) is 4.33. The molecule has 0 N–H and O–H groups in total. The Morgan fingerprint density at radius 3 is 2.43 bits per heavy atom. The summed E-state index contributed by atoms with van der Waals surface area (Å²) in [7, 11) is 0. The zero-order valence-electron chi connectivity index (χ0n) is 14.0. The van der Waals surface area contributed by atoms with Crippen molar-refractivity contribution in [3.63, 3.8) is 0 Å². The molecule has 0 aromatic heterocycles. The lowest BCUT2D eigenvalue weighted by Gasteiger charge is -2.35. The fourth-order valence-electron chi connectivity index (χ4n) is 2.88. The number of hydrogen-bond acceptors (Lipinski definition) is 2.